The second-order valence-electron chi connectivity index (χ2n) is 4.12. The molecule has 0 aliphatic carbocycles. The minimum absolute atomic E-state index is 0.660. The summed E-state index contributed by atoms with van der Waals surface area (Å²) in [6.07, 6.45) is 1.69. The summed E-state index contributed by atoms with van der Waals surface area (Å²) < 4.78 is 0.660. The quantitative estimate of drug-likeness (QED) is 0.673. The van der Waals surface area contributed by atoms with Crippen LogP contribution in [0.2, 0.25) is 0 Å². The lowest BCUT2D eigenvalue weighted by Crippen LogP contribution is -1.93. The number of benzene rings is 1. The number of nitrogens with zero attached hydrogens (tertiary/aromatic N) is 2. The third-order valence-corrected chi connectivity index (χ3v) is 3.07. The number of H-pyrrole nitrogens is 1. The van der Waals surface area contributed by atoms with Gasteiger partial charge in [-0.15, -0.1) is 0 Å². The lowest BCUT2D eigenvalue weighted by Gasteiger charge is -2.05. The highest BCUT2D eigenvalue weighted by atomic mass is 32.1. The van der Waals surface area contributed by atoms with Crippen LogP contribution in [0.4, 0.5) is 0 Å². The summed E-state index contributed by atoms with van der Waals surface area (Å²) in [4.78, 5) is 11.9. The van der Waals surface area contributed by atoms with E-state index >= 15 is 0 Å². The number of hydrogen-bond donors (Lipinski definition) is 1. The number of aromatic amines is 1. The Bertz CT molecular complexity index is 777. The molecule has 2 aromatic heterocycles. The van der Waals surface area contributed by atoms with Gasteiger partial charge in [-0.2, -0.15) is 0 Å². The first-order valence-electron chi connectivity index (χ1n) is 5.66. The Kier molecular flexibility index (Phi) is 2.64. The molecule has 3 rings (SSSR count). The molecular weight excluding hydrogens is 242 g/mol. The van der Waals surface area contributed by atoms with Gasteiger partial charge in [0.25, 0.3) is 0 Å². The summed E-state index contributed by atoms with van der Waals surface area (Å²) in [6, 6.07) is 11.9. The maximum atomic E-state index is 5.10. The molecular formula is C14H11N3S. The number of pyridine rings is 1. The first-order valence-corrected chi connectivity index (χ1v) is 6.07. The molecule has 0 spiro atoms. The van der Waals surface area contributed by atoms with E-state index in [1.807, 2.05) is 24.3 Å². The number of aromatic nitrogens is 3. The number of hydrogen-bond acceptors (Lipinski definition) is 3. The third kappa shape index (κ3) is 1.91. The van der Waals surface area contributed by atoms with Gasteiger partial charge in [0.15, 0.2) is 5.82 Å². The van der Waals surface area contributed by atoms with E-state index in [1.54, 1.807) is 12.3 Å². The van der Waals surface area contributed by atoms with Crippen molar-refractivity contribution in [3.8, 4) is 11.5 Å². The molecule has 0 saturated heterocycles. The smallest absolute Gasteiger partial charge is 0.156 e. The van der Waals surface area contributed by atoms with Crippen LogP contribution < -0.4 is 0 Å². The third-order valence-electron chi connectivity index (χ3n) is 2.84. The SMILES string of the molecule is Cc1cc(-c2nccc(=S)[nH]2)nc2ccccc12. The predicted octanol–water partition coefficient (Wildman–Crippen LogP) is 3.66. The monoisotopic (exact) mass is 253 g/mol. The van der Waals surface area contributed by atoms with Gasteiger partial charge in [-0.05, 0) is 30.7 Å². The minimum Gasteiger partial charge on any atom is -0.329 e. The Morgan fingerprint density at radius 1 is 1.17 bits per heavy atom. The summed E-state index contributed by atoms with van der Waals surface area (Å²) in [7, 11) is 0. The summed E-state index contributed by atoms with van der Waals surface area (Å²) in [5.74, 6) is 0.705. The lowest BCUT2D eigenvalue weighted by molar-refractivity contribution is 1.13. The molecule has 3 aromatic rings. The van der Waals surface area contributed by atoms with Gasteiger partial charge in [0.2, 0.25) is 0 Å². The highest BCUT2D eigenvalue weighted by Crippen LogP contribution is 2.21. The Morgan fingerprint density at radius 3 is 2.83 bits per heavy atom. The van der Waals surface area contributed by atoms with E-state index in [0.29, 0.717) is 10.5 Å². The van der Waals surface area contributed by atoms with Crippen LogP contribution in [0, 0.1) is 11.6 Å². The van der Waals surface area contributed by atoms with E-state index in [2.05, 4.69) is 27.9 Å². The van der Waals surface area contributed by atoms with E-state index in [4.69, 9.17) is 12.2 Å². The molecule has 0 saturated carbocycles. The van der Waals surface area contributed by atoms with E-state index in [1.165, 1.54) is 5.56 Å². The maximum absolute atomic E-state index is 5.10. The van der Waals surface area contributed by atoms with Crippen molar-refractivity contribution in [2.75, 3.05) is 0 Å². The highest BCUT2D eigenvalue weighted by molar-refractivity contribution is 7.71. The Hall–Kier alpha value is -2.07. The van der Waals surface area contributed by atoms with Crippen LogP contribution in [0.1, 0.15) is 5.56 Å². The van der Waals surface area contributed by atoms with Gasteiger partial charge < -0.3 is 4.98 Å². The van der Waals surface area contributed by atoms with Gasteiger partial charge in [-0.1, -0.05) is 30.4 Å². The molecule has 0 aliphatic rings. The molecule has 0 radical (unpaired) electrons. The van der Waals surface area contributed by atoms with Gasteiger partial charge >= 0.3 is 0 Å². The first-order chi connectivity index (χ1) is 8.74. The van der Waals surface area contributed by atoms with Gasteiger partial charge in [0.1, 0.15) is 10.3 Å². The van der Waals surface area contributed by atoms with Crippen LogP contribution in [-0.4, -0.2) is 15.0 Å². The van der Waals surface area contributed by atoms with Gasteiger partial charge in [0, 0.05) is 11.6 Å². The van der Waals surface area contributed by atoms with Crippen molar-refractivity contribution >= 4 is 23.1 Å². The molecule has 0 unspecified atom stereocenters. The van der Waals surface area contributed by atoms with E-state index in [0.717, 1.165) is 16.6 Å². The summed E-state index contributed by atoms with van der Waals surface area (Å²) in [5.41, 5.74) is 2.97. The van der Waals surface area contributed by atoms with E-state index < -0.39 is 0 Å². The second kappa shape index (κ2) is 4.31. The Morgan fingerprint density at radius 2 is 2.00 bits per heavy atom. The van der Waals surface area contributed by atoms with Crippen molar-refractivity contribution in [3.05, 3.63) is 52.8 Å². The van der Waals surface area contributed by atoms with Crippen LogP contribution in [0.5, 0.6) is 0 Å². The summed E-state index contributed by atoms with van der Waals surface area (Å²) in [5, 5.41) is 1.16. The average Bonchev–Trinajstić information content (AvgIpc) is 2.39. The molecule has 1 aromatic carbocycles. The van der Waals surface area contributed by atoms with E-state index in [-0.39, 0.29) is 0 Å². The predicted molar refractivity (Wildman–Crippen MR) is 74.9 cm³/mol. The molecule has 0 amide bonds. The summed E-state index contributed by atoms with van der Waals surface area (Å²) >= 11 is 5.10. The number of nitrogens with one attached hydrogen (secondary N) is 1. The standard InChI is InChI=1S/C14H11N3S/c1-9-8-12(14-15-7-6-13(18)17-14)16-11-5-3-2-4-10(9)11/h2-8H,1H3,(H,15,17,18). The molecule has 0 fully saturated rings. The highest BCUT2D eigenvalue weighted by Gasteiger charge is 2.05. The zero-order valence-electron chi connectivity index (χ0n) is 9.84. The van der Waals surface area contributed by atoms with Crippen molar-refractivity contribution in [2.45, 2.75) is 6.92 Å². The molecule has 0 atom stereocenters. The molecule has 2 heterocycles. The van der Waals surface area contributed by atoms with Crippen molar-refractivity contribution in [2.24, 2.45) is 0 Å². The maximum Gasteiger partial charge on any atom is 0.156 e. The normalized spacial score (nSPS) is 10.7. The zero-order valence-corrected chi connectivity index (χ0v) is 10.7. The fourth-order valence-corrected chi connectivity index (χ4v) is 2.13. The van der Waals surface area contributed by atoms with Crippen LogP contribution in [-0.2, 0) is 0 Å². The fraction of sp³-hybridized carbons (Fsp3) is 0.0714. The van der Waals surface area contributed by atoms with Gasteiger partial charge in [0.05, 0.1) is 5.52 Å². The lowest BCUT2D eigenvalue weighted by atomic mass is 10.1. The molecule has 18 heavy (non-hydrogen) atoms. The van der Waals surface area contributed by atoms with Crippen molar-refractivity contribution in [3.63, 3.8) is 0 Å². The van der Waals surface area contributed by atoms with Crippen LogP contribution in [0.3, 0.4) is 0 Å². The van der Waals surface area contributed by atoms with Gasteiger partial charge in [-0.25, -0.2) is 9.97 Å². The number of para-hydroxylation sites is 1. The largest absolute Gasteiger partial charge is 0.329 e. The first kappa shape index (κ1) is 11.0. The minimum atomic E-state index is 0.660. The van der Waals surface area contributed by atoms with Crippen molar-refractivity contribution < 1.29 is 0 Å². The number of aryl methyl sites for hydroxylation is 1. The van der Waals surface area contributed by atoms with Crippen LogP contribution in [0.25, 0.3) is 22.4 Å². The van der Waals surface area contributed by atoms with Crippen LogP contribution in [0.15, 0.2) is 42.6 Å². The second-order valence-corrected chi connectivity index (χ2v) is 4.56. The zero-order chi connectivity index (χ0) is 12.5. The van der Waals surface area contributed by atoms with Crippen LogP contribution >= 0.6 is 12.2 Å². The van der Waals surface area contributed by atoms with Gasteiger partial charge in [-0.3, -0.25) is 0 Å². The molecule has 0 aliphatic heterocycles. The molecule has 0 bridgehead atoms. The molecule has 3 nitrogen and oxygen atoms in total. The van der Waals surface area contributed by atoms with E-state index in [9.17, 15) is 0 Å². The van der Waals surface area contributed by atoms with Crippen molar-refractivity contribution in [1.82, 2.24) is 15.0 Å². The molecule has 1 N–H and O–H groups in total. The number of fused-ring (bicyclic) bond motifs is 1. The Labute approximate surface area is 110 Å². The fourth-order valence-electron chi connectivity index (χ4n) is 1.97. The molecule has 88 valence electrons. The average molecular weight is 253 g/mol. The van der Waals surface area contributed by atoms with Crippen molar-refractivity contribution in [1.29, 1.82) is 0 Å². The summed E-state index contributed by atoms with van der Waals surface area (Å²) in [6.45, 7) is 2.07. The topological polar surface area (TPSA) is 41.6 Å². The number of rotatable bonds is 1. The Balaban J connectivity index is 2.28. The molecule has 4 heteroatoms.